The van der Waals surface area contributed by atoms with E-state index in [1.807, 2.05) is 0 Å². The van der Waals surface area contributed by atoms with Gasteiger partial charge in [0.25, 0.3) is 3.12 Å². The van der Waals surface area contributed by atoms with Gasteiger partial charge in [0.15, 0.2) is 0 Å². The van der Waals surface area contributed by atoms with Crippen LogP contribution in [0.1, 0.15) is 0 Å². The van der Waals surface area contributed by atoms with Crippen LogP contribution in [-0.4, -0.2) is 3.12 Å². The molecule has 0 aromatic heterocycles. The minimum Gasteiger partial charge on any atom is -0.261 e. The van der Waals surface area contributed by atoms with Crippen LogP contribution >= 0.6 is 46.8 Å². The summed E-state index contributed by atoms with van der Waals surface area (Å²) in [4.78, 5) is 2.13. The molecule has 0 heterocycles. The van der Waals surface area contributed by atoms with Gasteiger partial charge in [0.05, 0.1) is 0 Å². The molecule has 0 aromatic rings. The van der Waals surface area contributed by atoms with Gasteiger partial charge in [-0.1, -0.05) is 34.8 Å². The van der Waals surface area contributed by atoms with Crippen molar-refractivity contribution in [3.05, 3.63) is 0 Å². The van der Waals surface area contributed by atoms with Crippen LogP contribution in [0.2, 0.25) is 0 Å². The molecule has 0 saturated carbocycles. The summed E-state index contributed by atoms with van der Waals surface area (Å²) in [7, 11) is 0. The van der Waals surface area contributed by atoms with Gasteiger partial charge in [0.2, 0.25) is 0 Å². The van der Waals surface area contributed by atoms with Crippen molar-refractivity contribution >= 4 is 46.8 Å². The molecule has 0 aliphatic carbocycles. The lowest BCUT2D eigenvalue weighted by atomic mass is 11.8. The Balaban J connectivity index is 3.15. The van der Waals surface area contributed by atoms with Crippen LogP contribution in [0.4, 0.5) is 0 Å². The van der Waals surface area contributed by atoms with Gasteiger partial charge in [0.1, 0.15) is 0 Å². The molecule has 0 spiro atoms. The van der Waals surface area contributed by atoms with Crippen molar-refractivity contribution in [1.29, 1.82) is 0 Å². The van der Waals surface area contributed by atoms with Crippen molar-refractivity contribution in [3.63, 3.8) is 0 Å². The maximum absolute atomic E-state index is 5.18. The third-order valence-corrected chi connectivity index (χ3v) is 1.22. The molecule has 6 heteroatoms. The van der Waals surface area contributed by atoms with E-state index < -0.39 is 3.12 Å². The van der Waals surface area contributed by atoms with E-state index in [0.29, 0.717) is 0 Å². The first-order chi connectivity index (χ1) is 3.06. The predicted molar refractivity (Wildman–Crippen MR) is 35.2 cm³/mol. The minimum absolute atomic E-state index is 0.812. The quantitative estimate of drug-likeness (QED) is 0.278. The summed E-state index contributed by atoms with van der Waals surface area (Å²) in [5, 5.41) is 0. The summed E-state index contributed by atoms with van der Waals surface area (Å²) >= 11 is 16.4. The van der Waals surface area contributed by atoms with Gasteiger partial charge in [-0.25, -0.2) is 4.83 Å². The summed E-state index contributed by atoms with van der Waals surface area (Å²) < 4.78 is -1.35. The fourth-order valence-corrected chi connectivity index (χ4v) is 0.601. The van der Waals surface area contributed by atoms with Crippen LogP contribution in [-0.2, 0) is 0 Å². The fraction of sp³-hybridized carbons (Fsp3) is 1.00. The lowest BCUT2D eigenvalue weighted by Gasteiger charge is -2.05. The van der Waals surface area contributed by atoms with Crippen molar-refractivity contribution < 1.29 is 0 Å². The highest BCUT2D eigenvalue weighted by atomic mass is 35.6. The highest BCUT2D eigenvalue weighted by Crippen LogP contribution is 2.35. The first kappa shape index (κ1) is 8.14. The molecule has 0 unspecified atom stereocenters. The standard InChI is InChI=1S/CH3Cl3N2S/c2-1(3,4)7-6-5/h6H,5H2. The van der Waals surface area contributed by atoms with Crippen molar-refractivity contribution in [1.82, 2.24) is 4.83 Å². The topological polar surface area (TPSA) is 38.0 Å². The Morgan fingerprint density at radius 1 is 1.43 bits per heavy atom. The number of hydrazine groups is 1. The van der Waals surface area contributed by atoms with E-state index in [0.717, 1.165) is 11.9 Å². The second-order valence-corrected chi connectivity index (χ2v) is 4.67. The second kappa shape index (κ2) is 3.22. The van der Waals surface area contributed by atoms with Crippen LogP contribution in [0.15, 0.2) is 0 Å². The summed E-state index contributed by atoms with van der Waals surface area (Å²) in [5.41, 5.74) is 0. The minimum atomic E-state index is -1.35. The Morgan fingerprint density at radius 2 is 1.86 bits per heavy atom. The van der Waals surface area contributed by atoms with Gasteiger partial charge in [-0.15, -0.1) is 0 Å². The largest absolute Gasteiger partial charge is 0.261 e. The molecule has 7 heavy (non-hydrogen) atoms. The van der Waals surface area contributed by atoms with Crippen LogP contribution in [0, 0.1) is 0 Å². The highest BCUT2D eigenvalue weighted by Gasteiger charge is 2.18. The number of halogens is 3. The van der Waals surface area contributed by atoms with E-state index in [1.165, 1.54) is 0 Å². The van der Waals surface area contributed by atoms with Gasteiger partial charge in [-0.05, 0) is 11.9 Å². The van der Waals surface area contributed by atoms with E-state index in [2.05, 4.69) is 4.83 Å². The third kappa shape index (κ3) is 7.14. The Bertz CT molecular complexity index is 51.4. The zero-order valence-electron chi connectivity index (χ0n) is 3.12. The van der Waals surface area contributed by atoms with Crippen molar-refractivity contribution in [3.8, 4) is 0 Å². The summed E-state index contributed by atoms with van der Waals surface area (Å²) in [6.45, 7) is 0. The molecule has 44 valence electrons. The van der Waals surface area contributed by atoms with E-state index in [4.69, 9.17) is 40.6 Å². The molecule has 0 aromatic carbocycles. The zero-order chi connectivity index (χ0) is 5.91. The molecule has 0 aliphatic heterocycles. The van der Waals surface area contributed by atoms with Gasteiger partial charge in [0, 0.05) is 0 Å². The van der Waals surface area contributed by atoms with Crippen LogP contribution in [0.25, 0.3) is 0 Å². The molecule has 0 atom stereocenters. The summed E-state index contributed by atoms with van der Waals surface area (Å²) in [6.07, 6.45) is 0. The summed E-state index contributed by atoms with van der Waals surface area (Å²) in [5.74, 6) is 4.77. The molecule has 0 radical (unpaired) electrons. The van der Waals surface area contributed by atoms with Crippen LogP contribution < -0.4 is 10.7 Å². The smallest absolute Gasteiger partial charge is 0.252 e. The van der Waals surface area contributed by atoms with E-state index in [9.17, 15) is 0 Å². The number of hydrogen-bond acceptors (Lipinski definition) is 3. The lowest BCUT2D eigenvalue weighted by Crippen LogP contribution is -2.16. The monoisotopic (exact) mass is 180 g/mol. The third-order valence-electron chi connectivity index (χ3n) is 0.175. The van der Waals surface area contributed by atoms with E-state index >= 15 is 0 Å². The Kier molecular flexibility index (Phi) is 3.75. The van der Waals surface area contributed by atoms with E-state index in [-0.39, 0.29) is 0 Å². The molecular formula is CH3Cl3N2S. The molecule has 0 fully saturated rings. The molecule has 0 bridgehead atoms. The van der Waals surface area contributed by atoms with Gasteiger partial charge in [-0.3, -0.25) is 5.84 Å². The Hall–Kier alpha value is 1.14. The molecular weight excluding hydrogens is 178 g/mol. The van der Waals surface area contributed by atoms with Gasteiger partial charge >= 0.3 is 0 Å². The molecule has 3 N–H and O–H groups in total. The Morgan fingerprint density at radius 3 is 1.86 bits per heavy atom. The number of nitrogens with two attached hydrogens (primary N) is 1. The second-order valence-electron chi connectivity index (χ2n) is 0.666. The average molecular weight is 181 g/mol. The van der Waals surface area contributed by atoms with Crippen LogP contribution in [0.3, 0.4) is 0 Å². The molecule has 2 nitrogen and oxygen atoms in total. The van der Waals surface area contributed by atoms with Crippen molar-refractivity contribution in [2.75, 3.05) is 0 Å². The number of hydrogen-bond donors (Lipinski definition) is 2. The van der Waals surface area contributed by atoms with Crippen LogP contribution in [0.5, 0.6) is 0 Å². The van der Waals surface area contributed by atoms with Crippen molar-refractivity contribution in [2.24, 2.45) is 5.84 Å². The molecule has 0 amide bonds. The van der Waals surface area contributed by atoms with Crippen molar-refractivity contribution in [2.45, 2.75) is 3.12 Å². The van der Waals surface area contributed by atoms with E-state index in [1.54, 1.807) is 0 Å². The number of nitrogens with one attached hydrogen (secondary N) is 1. The normalized spacial score (nSPS) is 12.0. The van der Waals surface area contributed by atoms with Gasteiger partial charge in [-0.2, -0.15) is 0 Å². The first-order valence-corrected chi connectivity index (χ1v) is 3.21. The molecule has 0 saturated heterocycles. The predicted octanol–water partition coefficient (Wildman–Crippen LogP) is 1.43. The number of rotatable bonds is 1. The van der Waals surface area contributed by atoms with Gasteiger partial charge < -0.3 is 0 Å². The fourth-order valence-electron chi connectivity index (χ4n) is 0.0668. The SMILES string of the molecule is NNSC(Cl)(Cl)Cl. The summed E-state index contributed by atoms with van der Waals surface area (Å²) in [6, 6.07) is 0. The molecule has 0 aliphatic rings. The first-order valence-electron chi connectivity index (χ1n) is 1.26. The Labute approximate surface area is 60.8 Å². The number of alkyl halides is 3. The average Bonchev–Trinajstić information content (AvgIpc) is 1.30. The highest BCUT2D eigenvalue weighted by molar-refractivity contribution is 8.02. The molecule has 0 rings (SSSR count). The maximum atomic E-state index is 5.18. The zero-order valence-corrected chi connectivity index (χ0v) is 6.20. The maximum Gasteiger partial charge on any atom is 0.252 e. The lowest BCUT2D eigenvalue weighted by molar-refractivity contribution is 1.12.